The molecule has 3 heterocycles. The van der Waals surface area contributed by atoms with Crippen molar-refractivity contribution in [2.24, 2.45) is 0 Å². The Labute approximate surface area is 171 Å². The zero-order chi connectivity index (χ0) is 19.8. The molecule has 29 heavy (non-hydrogen) atoms. The molecule has 0 radical (unpaired) electrons. The van der Waals surface area contributed by atoms with E-state index in [2.05, 4.69) is 4.98 Å². The van der Waals surface area contributed by atoms with E-state index < -0.39 is 6.10 Å². The molecule has 1 atom stereocenters. The summed E-state index contributed by atoms with van der Waals surface area (Å²) in [5, 5.41) is 0. The topological polar surface area (TPSA) is 72.0 Å². The van der Waals surface area contributed by atoms with E-state index in [0.717, 1.165) is 10.2 Å². The monoisotopic (exact) mass is 409 g/mol. The summed E-state index contributed by atoms with van der Waals surface area (Å²) < 4.78 is 12.5. The van der Waals surface area contributed by atoms with E-state index in [4.69, 9.17) is 9.47 Å². The van der Waals surface area contributed by atoms with E-state index in [9.17, 15) is 9.59 Å². The highest BCUT2D eigenvalue weighted by Gasteiger charge is 2.33. The maximum absolute atomic E-state index is 12.8. The molecule has 0 aliphatic carbocycles. The standard InChI is InChI=1S/C21H19N3O4S/c25-20(14-5-6-15-19(11-14)29-13-22-15)23-7-9-24(10-8-23)21(26)18-12-27-16-3-1-2-4-17(16)28-18/h1-6,11,13,18H,7-10,12H2. The van der Waals surface area contributed by atoms with Crippen molar-refractivity contribution in [1.82, 2.24) is 14.8 Å². The number of piperazine rings is 1. The van der Waals surface area contributed by atoms with Crippen LogP contribution < -0.4 is 9.47 Å². The van der Waals surface area contributed by atoms with E-state index in [1.54, 1.807) is 21.4 Å². The van der Waals surface area contributed by atoms with E-state index in [1.165, 1.54) is 11.3 Å². The number of amides is 2. The quantitative estimate of drug-likeness (QED) is 0.650. The van der Waals surface area contributed by atoms with Gasteiger partial charge in [0.05, 0.1) is 15.7 Å². The molecule has 148 valence electrons. The molecule has 2 aromatic carbocycles. The predicted octanol–water partition coefficient (Wildman–Crippen LogP) is 2.42. The molecule has 0 N–H and O–H groups in total. The minimum absolute atomic E-state index is 0.0152. The number of para-hydroxylation sites is 2. The summed E-state index contributed by atoms with van der Waals surface area (Å²) >= 11 is 1.52. The molecular formula is C21H19N3O4S. The Morgan fingerprint density at radius 1 is 1.00 bits per heavy atom. The number of rotatable bonds is 2. The molecule has 2 aliphatic heterocycles. The zero-order valence-electron chi connectivity index (χ0n) is 15.6. The molecular weight excluding hydrogens is 390 g/mol. The number of benzene rings is 2. The minimum atomic E-state index is -0.652. The fourth-order valence-corrected chi connectivity index (χ4v) is 4.36. The second-order valence-corrected chi connectivity index (χ2v) is 7.90. The van der Waals surface area contributed by atoms with E-state index in [0.29, 0.717) is 43.2 Å². The van der Waals surface area contributed by atoms with Gasteiger partial charge in [-0.25, -0.2) is 4.98 Å². The highest BCUT2D eigenvalue weighted by molar-refractivity contribution is 7.16. The van der Waals surface area contributed by atoms with Crippen LogP contribution in [0.25, 0.3) is 10.2 Å². The first-order valence-electron chi connectivity index (χ1n) is 9.49. The largest absolute Gasteiger partial charge is 0.485 e. The Morgan fingerprint density at radius 3 is 2.59 bits per heavy atom. The summed E-state index contributed by atoms with van der Waals surface area (Å²) in [5.74, 6) is 1.13. The van der Waals surface area contributed by atoms with Crippen molar-refractivity contribution in [3.63, 3.8) is 0 Å². The summed E-state index contributed by atoms with van der Waals surface area (Å²) in [6.45, 7) is 2.15. The van der Waals surface area contributed by atoms with Gasteiger partial charge in [-0.1, -0.05) is 12.1 Å². The number of aromatic nitrogens is 1. The third-order valence-electron chi connectivity index (χ3n) is 5.24. The van der Waals surface area contributed by atoms with Gasteiger partial charge in [0.15, 0.2) is 11.5 Å². The van der Waals surface area contributed by atoms with Crippen LogP contribution in [-0.2, 0) is 4.79 Å². The molecule has 0 saturated carbocycles. The zero-order valence-corrected chi connectivity index (χ0v) is 16.4. The summed E-state index contributed by atoms with van der Waals surface area (Å²) in [5.41, 5.74) is 3.33. The Balaban J connectivity index is 1.21. The smallest absolute Gasteiger partial charge is 0.267 e. The van der Waals surface area contributed by atoms with Gasteiger partial charge >= 0.3 is 0 Å². The maximum Gasteiger partial charge on any atom is 0.267 e. The molecule has 2 aliphatic rings. The van der Waals surface area contributed by atoms with Crippen LogP contribution in [-0.4, -0.2) is 65.5 Å². The first kappa shape index (κ1) is 17.9. The molecule has 1 unspecified atom stereocenters. The predicted molar refractivity (Wildman–Crippen MR) is 108 cm³/mol. The number of ether oxygens (including phenoxy) is 2. The van der Waals surface area contributed by atoms with Crippen molar-refractivity contribution < 1.29 is 19.1 Å². The van der Waals surface area contributed by atoms with Gasteiger partial charge in [-0.15, -0.1) is 11.3 Å². The molecule has 0 bridgehead atoms. The van der Waals surface area contributed by atoms with Gasteiger partial charge in [-0.2, -0.15) is 0 Å². The number of hydrogen-bond acceptors (Lipinski definition) is 6. The fraction of sp³-hybridized carbons (Fsp3) is 0.286. The third kappa shape index (κ3) is 3.40. The number of thiazole rings is 1. The van der Waals surface area contributed by atoms with Crippen LogP contribution in [0.2, 0.25) is 0 Å². The number of carbonyl (C=O) groups excluding carboxylic acids is 2. The van der Waals surface area contributed by atoms with E-state index in [1.807, 2.05) is 36.4 Å². The normalized spacial score (nSPS) is 18.7. The van der Waals surface area contributed by atoms with Crippen molar-refractivity contribution in [2.45, 2.75) is 6.10 Å². The highest BCUT2D eigenvalue weighted by Crippen LogP contribution is 2.31. The van der Waals surface area contributed by atoms with Gasteiger partial charge in [0.25, 0.3) is 11.8 Å². The van der Waals surface area contributed by atoms with Crippen molar-refractivity contribution in [1.29, 1.82) is 0 Å². The third-order valence-corrected chi connectivity index (χ3v) is 6.03. The summed E-state index contributed by atoms with van der Waals surface area (Å²) in [6, 6.07) is 12.9. The number of carbonyl (C=O) groups is 2. The Bertz CT molecular complexity index is 1070. The average molecular weight is 409 g/mol. The van der Waals surface area contributed by atoms with Gasteiger partial charge in [0.1, 0.15) is 6.61 Å². The molecule has 0 spiro atoms. The lowest BCUT2D eigenvalue weighted by Gasteiger charge is -2.37. The van der Waals surface area contributed by atoms with Gasteiger partial charge < -0.3 is 19.3 Å². The number of hydrogen-bond donors (Lipinski definition) is 0. The maximum atomic E-state index is 12.8. The summed E-state index contributed by atoms with van der Waals surface area (Å²) in [6.07, 6.45) is -0.652. The summed E-state index contributed by atoms with van der Waals surface area (Å²) in [4.78, 5) is 33.5. The lowest BCUT2D eigenvalue weighted by atomic mass is 10.1. The SMILES string of the molecule is O=C(c1ccc2ncsc2c1)N1CCN(C(=O)C2COc3ccccc3O2)CC1. The van der Waals surface area contributed by atoms with Crippen LogP contribution in [0.5, 0.6) is 11.5 Å². The molecule has 2 amide bonds. The molecule has 1 saturated heterocycles. The number of fused-ring (bicyclic) bond motifs is 2. The van der Waals surface area contributed by atoms with Crippen LogP contribution >= 0.6 is 11.3 Å². The van der Waals surface area contributed by atoms with Crippen molar-refractivity contribution in [2.75, 3.05) is 32.8 Å². The van der Waals surface area contributed by atoms with Crippen LogP contribution in [0.3, 0.4) is 0 Å². The minimum Gasteiger partial charge on any atom is -0.485 e. The van der Waals surface area contributed by atoms with E-state index >= 15 is 0 Å². The van der Waals surface area contributed by atoms with Gasteiger partial charge in [0, 0.05) is 31.7 Å². The van der Waals surface area contributed by atoms with Crippen LogP contribution in [0, 0.1) is 0 Å². The molecule has 1 fully saturated rings. The first-order chi connectivity index (χ1) is 14.2. The van der Waals surface area contributed by atoms with Crippen LogP contribution in [0.4, 0.5) is 0 Å². The van der Waals surface area contributed by atoms with Crippen LogP contribution in [0.1, 0.15) is 10.4 Å². The molecule has 1 aromatic heterocycles. The van der Waals surface area contributed by atoms with Crippen molar-refractivity contribution in [3.8, 4) is 11.5 Å². The highest BCUT2D eigenvalue weighted by atomic mass is 32.1. The average Bonchev–Trinajstić information content (AvgIpc) is 3.26. The van der Waals surface area contributed by atoms with Gasteiger partial charge in [-0.3, -0.25) is 9.59 Å². The lowest BCUT2D eigenvalue weighted by molar-refractivity contribution is -0.142. The molecule has 7 nitrogen and oxygen atoms in total. The van der Waals surface area contributed by atoms with E-state index in [-0.39, 0.29) is 18.4 Å². The molecule has 5 rings (SSSR count). The van der Waals surface area contributed by atoms with Gasteiger partial charge in [0.2, 0.25) is 6.10 Å². The Kier molecular flexibility index (Phi) is 4.55. The van der Waals surface area contributed by atoms with Gasteiger partial charge in [-0.05, 0) is 30.3 Å². The van der Waals surface area contributed by atoms with Crippen molar-refractivity contribution in [3.05, 3.63) is 53.5 Å². The van der Waals surface area contributed by atoms with Crippen molar-refractivity contribution >= 4 is 33.4 Å². The number of nitrogens with zero attached hydrogens (tertiary/aromatic N) is 3. The second-order valence-electron chi connectivity index (χ2n) is 7.02. The first-order valence-corrected chi connectivity index (χ1v) is 10.4. The molecule has 8 heteroatoms. The Hall–Kier alpha value is -3.13. The lowest BCUT2D eigenvalue weighted by Crippen LogP contribution is -2.55. The summed E-state index contributed by atoms with van der Waals surface area (Å²) in [7, 11) is 0. The second kappa shape index (κ2) is 7.36. The Morgan fingerprint density at radius 2 is 1.76 bits per heavy atom. The molecule has 3 aromatic rings. The van der Waals surface area contributed by atoms with Crippen LogP contribution in [0.15, 0.2) is 48.0 Å². The fourth-order valence-electron chi connectivity index (χ4n) is 3.65.